The number of nitrogens with one attached hydrogen (secondary N) is 1. The Morgan fingerprint density at radius 2 is 1.75 bits per heavy atom. The molecule has 208 valence electrons. The maximum absolute atomic E-state index is 14.7. The van der Waals surface area contributed by atoms with E-state index in [1.165, 1.54) is 17.7 Å². The van der Waals surface area contributed by atoms with Crippen molar-refractivity contribution in [2.24, 2.45) is 0 Å². The normalized spacial score (nSPS) is 19.9. The Bertz CT molecular complexity index is 1500. The van der Waals surface area contributed by atoms with Gasteiger partial charge in [-0.15, -0.1) is 11.3 Å². The third kappa shape index (κ3) is 4.97. The Hall–Kier alpha value is -3.09. The number of nitrogens with zero attached hydrogens (tertiary/aromatic N) is 2. The largest absolute Gasteiger partial charge is 0.351 e. The van der Waals surface area contributed by atoms with Gasteiger partial charge in [-0.25, -0.2) is 0 Å². The molecule has 2 aromatic heterocycles. The molecule has 0 bridgehead atoms. The summed E-state index contributed by atoms with van der Waals surface area (Å²) in [4.78, 5) is 32.3. The Kier molecular flexibility index (Phi) is 7.74. The minimum absolute atomic E-state index is 0.0755. The Morgan fingerprint density at radius 3 is 2.45 bits per heavy atom. The van der Waals surface area contributed by atoms with Crippen LogP contribution in [0.1, 0.15) is 71.9 Å². The van der Waals surface area contributed by atoms with Crippen molar-refractivity contribution in [3.63, 3.8) is 0 Å². The van der Waals surface area contributed by atoms with Gasteiger partial charge in [0.1, 0.15) is 5.69 Å². The SMILES string of the molecule is CCc1cc2c(cc3n2CC(C(=O)NC2CCCCCC2)(c2ccccc2)N(CCc2ccc(Cl)cc2)C3=O)s1. The van der Waals surface area contributed by atoms with Crippen LogP contribution in [0.2, 0.25) is 5.02 Å². The van der Waals surface area contributed by atoms with Crippen molar-refractivity contribution in [1.29, 1.82) is 0 Å². The van der Waals surface area contributed by atoms with Gasteiger partial charge >= 0.3 is 0 Å². The molecule has 1 fully saturated rings. The summed E-state index contributed by atoms with van der Waals surface area (Å²) in [5, 5.41) is 4.13. The highest BCUT2D eigenvalue weighted by atomic mass is 35.5. The summed E-state index contributed by atoms with van der Waals surface area (Å²) < 4.78 is 3.21. The molecule has 0 saturated heterocycles. The molecular weight excluding hydrogens is 538 g/mol. The molecule has 7 heteroatoms. The van der Waals surface area contributed by atoms with Crippen LogP contribution >= 0.6 is 22.9 Å². The average Bonchev–Trinajstić information content (AvgIpc) is 3.42. The first-order valence-corrected chi connectivity index (χ1v) is 15.7. The Labute approximate surface area is 245 Å². The molecule has 1 atom stereocenters. The van der Waals surface area contributed by atoms with Crippen molar-refractivity contribution in [1.82, 2.24) is 14.8 Å². The highest BCUT2D eigenvalue weighted by Crippen LogP contribution is 2.41. The first-order chi connectivity index (χ1) is 19.5. The van der Waals surface area contributed by atoms with Gasteiger partial charge in [0.15, 0.2) is 5.54 Å². The van der Waals surface area contributed by atoms with Crippen molar-refractivity contribution in [3.05, 3.63) is 93.5 Å². The molecule has 1 N–H and O–H groups in total. The van der Waals surface area contributed by atoms with E-state index in [2.05, 4.69) is 22.9 Å². The van der Waals surface area contributed by atoms with Crippen LogP contribution in [0.15, 0.2) is 66.7 Å². The van der Waals surface area contributed by atoms with Gasteiger partial charge in [0.2, 0.25) is 0 Å². The van der Waals surface area contributed by atoms with Gasteiger partial charge in [-0.3, -0.25) is 9.59 Å². The van der Waals surface area contributed by atoms with Crippen LogP contribution in [0.5, 0.6) is 0 Å². The lowest BCUT2D eigenvalue weighted by molar-refractivity contribution is -0.135. The zero-order chi connectivity index (χ0) is 27.7. The second-order valence-corrected chi connectivity index (χ2v) is 12.8. The molecule has 0 radical (unpaired) electrons. The molecule has 1 aliphatic heterocycles. The standard InChI is InChI=1S/C33H36ClN3O2S/c1-2-27-20-28-30(40-27)21-29-31(38)37(19-18-23-14-16-25(34)17-15-23)33(22-36(28)29,24-10-6-5-7-11-24)32(39)35-26-12-8-3-4-9-13-26/h5-7,10-11,14-17,20-21,26H,2-4,8-9,12-13,18-19,22H2,1H3,(H,35,39). The monoisotopic (exact) mass is 573 g/mol. The summed E-state index contributed by atoms with van der Waals surface area (Å²) in [5.41, 5.74) is 2.48. The molecule has 2 aromatic carbocycles. The van der Waals surface area contributed by atoms with Gasteiger partial charge in [-0.05, 0) is 61.1 Å². The lowest BCUT2D eigenvalue weighted by Gasteiger charge is -2.47. The summed E-state index contributed by atoms with van der Waals surface area (Å²) in [6, 6.07) is 22.0. The topological polar surface area (TPSA) is 54.3 Å². The van der Waals surface area contributed by atoms with Crippen LogP contribution in [0.25, 0.3) is 10.2 Å². The Morgan fingerprint density at radius 1 is 1.02 bits per heavy atom. The van der Waals surface area contributed by atoms with Crippen molar-refractivity contribution in [2.75, 3.05) is 6.54 Å². The van der Waals surface area contributed by atoms with Crippen molar-refractivity contribution < 1.29 is 9.59 Å². The second kappa shape index (κ2) is 11.4. The van der Waals surface area contributed by atoms with E-state index >= 15 is 0 Å². The molecule has 3 heterocycles. The van der Waals surface area contributed by atoms with Crippen LogP contribution in [-0.4, -0.2) is 33.9 Å². The first-order valence-electron chi connectivity index (χ1n) is 14.5. The molecule has 2 amide bonds. The summed E-state index contributed by atoms with van der Waals surface area (Å²) >= 11 is 7.88. The number of amides is 2. The lowest BCUT2D eigenvalue weighted by Crippen LogP contribution is -2.64. The smallest absolute Gasteiger partial charge is 0.271 e. The van der Waals surface area contributed by atoms with E-state index in [1.54, 1.807) is 11.3 Å². The molecule has 6 rings (SSSR count). The van der Waals surface area contributed by atoms with Gasteiger partial charge in [-0.2, -0.15) is 0 Å². The molecule has 40 heavy (non-hydrogen) atoms. The lowest BCUT2D eigenvalue weighted by atomic mass is 9.83. The molecule has 0 spiro atoms. The van der Waals surface area contributed by atoms with E-state index in [9.17, 15) is 9.59 Å². The van der Waals surface area contributed by atoms with Gasteiger partial charge in [0, 0.05) is 22.5 Å². The number of carbonyl (C=O) groups excluding carboxylic acids is 2. The number of carbonyl (C=O) groups is 2. The van der Waals surface area contributed by atoms with Crippen LogP contribution in [0.3, 0.4) is 0 Å². The third-order valence-electron chi connectivity index (χ3n) is 8.66. The number of halogens is 1. The number of hydrogen-bond acceptors (Lipinski definition) is 3. The quantitative estimate of drug-likeness (QED) is 0.235. The zero-order valence-corrected chi connectivity index (χ0v) is 24.6. The van der Waals surface area contributed by atoms with E-state index in [0.29, 0.717) is 30.2 Å². The predicted molar refractivity (Wildman–Crippen MR) is 163 cm³/mol. The van der Waals surface area contributed by atoms with Gasteiger partial charge in [0.25, 0.3) is 11.8 Å². The minimum Gasteiger partial charge on any atom is -0.351 e. The predicted octanol–water partition coefficient (Wildman–Crippen LogP) is 7.35. The first kappa shape index (κ1) is 27.1. The molecule has 2 aliphatic rings. The molecule has 4 aromatic rings. The minimum atomic E-state index is -1.16. The summed E-state index contributed by atoms with van der Waals surface area (Å²) in [5.74, 6) is -0.171. The van der Waals surface area contributed by atoms with Crippen molar-refractivity contribution >= 4 is 45.0 Å². The number of benzene rings is 2. The summed E-state index contributed by atoms with van der Waals surface area (Å²) in [6.07, 6.45) is 8.22. The zero-order valence-electron chi connectivity index (χ0n) is 23.0. The summed E-state index contributed by atoms with van der Waals surface area (Å²) in [7, 11) is 0. The molecule has 1 unspecified atom stereocenters. The van der Waals surface area contributed by atoms with E-state index < -0.39 is 5.54 Å². The highest BCUT2D eigenvalue weighted by molar-refractivity contribution is 7.19. The molecule has 1 aliphatic carbocycles. The van der Waals surface area contributed by atoms with Crippen LogP contribution in [0.4, 0.5) is 0 Å². The number of rotatable bonds is 7. The van der Waals surface area contributed by atoms with E-state index in [4.69, 9.17) is 11.6 Å². The van der Waals surface area contributed by atoms with Crippen LogP contribution in [0, 0.1) is 0 Å². The van der Waals surface area contributed by atoms with Crippen LogP contribution < -0.4 is 5.32 Å². The maximum atomic E-state index is 14.7. The third-order valence-corrected chi connectivity index (χ3v) is 10.1. The van der Waals surface area contributed by atoms with Gasteiger partial charge in [-0.1, -0.05) is 86.7 Å². The highest BCUT2D eigenvalue weighted by Gasteiger charge is 2.52. The second-order valence-electron chi connectivity index (χ2n) is 11.2. The van der Waals surface area contributed by atoms with E-state index in [1.807, 2.05) is 65.6 Å². The molecule has 5 nitrogen and oxygen atoms in total. The number of thiophene rings is 1. The van der Waals surface area contributed by atoms with Gasteiger partial charge < -0.3 is 14.8 Å². The fourth-order valence-corrected chi connectivity index (χ4v) is 7.61. The van der Waals surface area contributed by atoms with Gasteiger partial charge in [0.05, 0.1) is 16.8 Å². The van der Waals surface area contributed by atoms with Crippen LogP contribution in [-0.2, 0) is 29.7 Å². The summed E-state index contributed by atoms with van der Waals surface area (Å²) in [6.45, 7) is 2.97. The fourth-order valence-electron chi connectivity index (χ4n) is 6.44. The van der Waals surface area contributed by atoms with Crippen molar-refractivity contribution in [3.8, 4) is 0 Å². The van der Waals surface area contributed by atoms with E-state index in [-0.39, 0.29) is 17.9 Å². The number of fused-ring (bicyclic) bond motifs is 3. The van der Waals surface area contributed by atoms with E-state index in [0.717, 1.165) is 53.4 Å². The average molecular weight is 574 g/mol. The van der Waals surface area contributed by atoms with Crippen molar-refractivity contribution in [2.45, 2.75) is 76.4 Å². The molecular formula is C33H36ClN3O2S. The maximum Gasteiger partial charge on any atom is 0.271 e. The number of aromatic nitrogens is 1. The fraction of sp³-hybridized carbons (Fsp3) is 0.394. The number of aryl methyl sites for hydroxylation is 1. The number of hydrogen-bond donors (Lipinski definition) is 1. The molecule has 1 saturated carbocycles. The Balaban J connectivity index is 1.47.